The smallest absolute Gasteiger partial charge is 0.220 e. The van der Waals surface area contributed by atoms with Gasteiger partial charge < -0.3 is 10.3 Å². The molecule has 0 spiro atoms. The SMILES string of the molecule is C[C@]1(NC(=O)CCCSc2nc3ccccc3[nH]2)CCS(=O)(=O)C1. The van der Waals surface area contributed by atoms with Gasteiger partial charge in [0.15, 0.2) is 15.0 Å². The number of fused-ring (bicyclic) bond motifs is 1. The first-order valence-corrected chi connectivity index (χ1v) is 10.7. The predicted molar refractivity (Wildman–Crippen MR) is 95.9 cm³/mol. The quantitative estimate of drug-likeness (QED) is 0.603. The van der Waals surface area contributed by atoms with E-state index in [0.29, 0.717) is 12.8 Å². The molecule has 2 aromatic rings. The summed E-state index contributed by atoms with van der Waals surface area (Å²) in [4.78, 5) is 19.8. The molecule has 1 aliphatic rings. The number of nitrogens with zero attached hydrogens (tertiary/aromatic N) is 1. The minimum atomic E-state index is -3.00. The molecule has 24 heavy (non-hydrogen) atoms. The van der Waals surface area contributed by atoms with Crippen LogP contribution in [0, 0.1) is 0 Å². The molecule has 0 bridgehead atoms. The molecule has 0 radical (unpaired) electrons. The number of nitrogens with one attached hydrogen (secondary N) is 2. The monoisotopic (exact) mass is 367 g/mol. The number of carbonyl (C=O) groups excluding carboxylic acids is 1. The van der Waals surface area contributed by atoms with Crippen LogP contribution < -0.4 is 5.32 Å². The standard InChI is InChI=1S/C16H21N3O3S2/c1-16(8-10-24(21,22)11-16)19-14(20)7-4-9-23-15-17-12-5-2-3-6-13(12)18-15/h2-3,5-6H,4,7-11H2,1H3,(H,17,18)(H,19,20)/t16-/m0/s1. The summed E-state index contributed by atoms with van der Waals surface area (Å²) in [5.41, 5.74) is 1.34. The van der Waals surface area contributed by atoms with E-state index in [1.54, 1.807) is 18.7 Å². The van der Waals surface area contributed by atoms with Crippen molar-refractivity contribution in [2.75, 3.05) is 17.3 Å². The maximum Gasteiger partial charge on any atom is 0.220 e. The lowest BCUT2D eigenvalue weighted by atomic mass is 10.0. The first-order valence-electron chi connectivity index (χ1n) is 7.94. The van der Waals surface area contributed by atoms with Gasteiger partial charge in [-0.2, -0.15) is 0 Å². The summed E-state index contributed by atoms with van der Waals surface area (Å²) in [7, 11) is -3.00. The van der Waals surface area contributed by atoms with Crippen molar-refractivity contribution in [1.82, 2.24) is 15.3 Å². The molecule has 0 saturated carbocycles. The molecule has 8 heteroatoms. The topological polar surface area (TPSA) is 91.9 Å². The number of hydrogen-bond acceptors (Lipinski definition) is 5. The number of para-hydroxylation sites is 2. The van der Waals surface area contributed by atoms with Crippen LogP contribution in [-0.4, -0.2) is 47.1 Å². The highest BCUT2D eigenvalue weighted by Crippen LogP contribution is 2.23. The zero-order chi connectivity index (χ0) is 17.2. The molecule has 0 unspecified atom stereocenters. The highest BCUT2D eigenvalue weighted by Gasteiger charge is 2.39. The van der Waals surface area contributed by atoms with Crippen molar-refractivity contribution in [2.24, 2.45) is 0 Å². The predicted octanol–water partition coefficient (Wildman–Crippen LogP) is 2.13. The van der Waals surface area contributed by atoms with Crippen LogP contribution in [0.5, 0.6) is 0 Å². The molecular formula is C16H21N3O3S2. The van der Waals surface area contributed by atoms with E-state index in [4.69, 9.17) is 0 Å². The maximum absolute atomic E-state index is 12.0. The van der Waals surface area contributed by atoms with E-state index in [-0.39, 0.29) is 17.4 Å². The van der Waals surface area contributed by atoms with Crippen molar-refractivity contribution in [2.45, 2.75) is 36.9 Å². The summed E-state index contributed by atoms with van der Waals surface area (Å²) < 4.78 is 23.1. The minimum Gasteiger partial charge on any atom is -0.350 e. The third-order valence-electron chi connectivity index (χ3n) is 4.10. The zero-order valence-electron chi connectivity index (χ0n) is 13.5. The molecule has 3 rings (SSSR count). The Kier molecular flexibility index (Phi) is 4.87. The van der Waals surface area contributed by atoms with Gasteiger partial charge in [-0.1, -0.05) is 23.9 Å². The van der Waals surface area contributed by atoms with Gasteiger partial charge in [0.1, 0.15) is 0 Å². The zero-order valence-corrected chi connectivity index (χ0v) is 15.2. The summed E-state index contributed by atoms with van der Waals surface area (Å²) in [5, 5.41) is 3.73. The normalized spacial score (nSPS) is 22.7. The summed E-state index contributed by atoms with van der Waals surface area (Å²) in [6.45, 7) is 1.80. The summed E-state index contributed by atoms with van der Waals surface area (Å²) in [6.07, 6.45) is 1.61. The van der Waals surface area contributed by atoms with Gasteiger partial charge in [0.2, 0.25) is 5.91 Å². The lowest BCUT2D eigenvalue weighted by Gasteiger charge is -2.23. The number of imidazole rings is 1. The van der Waals surface area contributed by atoms with Crippen LogP contribution in [-0.2, 0) is 14.6 Å². The van der Waals surface area contributed by atoms with E-state index >= 15 is 0 Å². The van der Waals surface area contributed by atoms with Crippen LogP contribution in [0.2, 0.25) is 0 Å². The largest absolute Gasteiger partial charge is 0.350 e. The van der Waals surface area contributed by atoms with Crippen LogP contribution in [0.25, 0.3) is 11.0 Å². The number of aromatic amines is 1. The van der Waals surface area contributed by atoms with E-state index in [1.807, 2.05) is 24.3 Å². The number of rotatable bonds is 6. The Balaban J connectivity index is 1.42. The third-order valence-corrected chi connectivity index (χ3v) is 6.96. The first-order chi connectivity index (χ1) is 11.4. The number of sulfone groups is 1. The van der Waals surface area contributed by atoms with E-state index < -0.39 is 15.4 Å². The highest BCUT2D eigenvalue weighted by atomic mass is 32.2. The third kappa shape index (κ3) is 4.30. The molecule has 2 N–H and O–H groups in total. The van der Waals surface area contributed by atoms with Gasteiger partial charge in [0.25, 0.3) is 0 Å². The molecule has 2 heterocycles. The Morgan fingerprint density at radius 3 is 2.92 bits per heavy atom. The van der Waals surface area contributed by atoms with Gasteiger partial charge in [-0.05, 0) is 31.9 Å². The number of H-pyrrole nitrogens is 1. The van der Waals surface area contributed by atoms with Crippen LogP contribution in [0.3, 0.4) is 0 Å². The van der Waals surface area contributed by atoms with Crippen LogP contribution >= 0.6 is 11.8 Å². The molecule has 1 saturated heterocycles. The Morgan fingerprint density at radius 2 is 2.21 bits per heavy atom. The fourth-order valence-electron chi connectivity index (χ4n) is 2.91. The molecule has 1 fully saturated rings. The van der Waals surface area contributed by atoms with Crippen LogP contribution in [0.15, 0.2) is 29.4 Å². The Hall–Kier alpha value is -1.54. The number of aromatic nitrogens is 2. The van der Waals surface area contributed by atoms with Crippen molar-refractivity contribution in [3.8, 4) is 0 Å². The highest BCUT2D eigenvalue weighted by molar-refractivity contribution is 7.99. The average molecular weight is 367 g/mol. The van der Waals surface area contributed by atoms with E-state index in [9.17, 15) is 13.2 Å². The second-order valence-corrected chi connectivity index (χ2v) is 9.73. The van der Waals surface area contributed by atoms with Gasteiger partial charge >= 0.3 is 0 Å². The molecular weight excluding hydrogens is 346 g/mol. The summed E-state index contributed by atoms with van der Waals surface area (Å²) >= 11 is 1.59. The Morgan fingerprint density at radius 1 is 1.42 bits per heavy atom. The van der Waals surface area contributed by atoms with Crippen molar-refractivity contribution in [1.29, 1.82) is 0 Å². The molecule has 1 aromatic carbocycles. The minimum absolute atomic E-state index is 0.0411. The molecule has 1 aromatic heterocycles. The van der Waals surface area contributed by atoms with Gasteiger partial charge in [-0.15, -0.1) is 0 Å². The van der Waals surface area contributed by atoms with Crippen molar-refractivity contribution < 1.29 is 13.2 Å². The molecule has 130 valence electrons. The van der Waals surface area contributed by atoms with Gasteiger partial charge in [0.05, 0.1) is 28.1 Å². The molecule has 6 nitrogen and oxygen atoms in total. The molecule has 1 aliphatic heterocycles. The Bertz CT molecular complexity index is 814. The number of amides is 1. The number of benzene rings is 1. The lowest BCUT2D eigenvalue weighted by Crippen LogP contribution is -2.46. The molecule has 1 amide bonds. The average Bonchev–Trinajstić information content (AvgIpc) is 3.03. The number of carbonyl (C=O) groups is 1. The van der Waals surface area contributed by atoms with Crippen molar-refractivity contribution in [3.05, 3.63) is 24.3 Å². The molecule has 0 aliphatic carbocycles. The summed E-state index contributed by atoms with van der Waals surface area (Å²) in [6, 6.07) is 7.85. The van der Waals surface area contributed by atoms with Gasteiger partial charge in [-0.3, -0.25) is 4.79 Å². The summed E-state index contributed by atoms with van der Waals surface area (Å²) in [5.74, 6) is 0.896. The fourth-order valence-corrected chi connectivity index (χ4v) is 5.83. The van der Waals surface area contributed by atoms with Gasteiger partial charge in [-0.25, -0.2) is 13.4 Å². The maximum atomic E-state index is 12.0. The Labute approximate surface area is 145 Å². The number of thioether (sulfide) groups is 1. The lowest BCUT2D eigenvalue weighted by molar-refractivity contribution is -0.122. The first kappa shape index (κ1) is 17.3. The van der Waals surface area contributed by atoms with Crippen molar-refractivity contribution >= 4 is 38.5 Å². The second-order valence-electron chi connectivity index (χ2n) is 6.46. The number of hydrogen-bond donors (Lipinski definition) is 2. The van der Waals surface area contributed by atoms with Gasteiger partial charge in [0, 0.05) is 12.2 Å². The van der Waals surface area contributed by atoms with E-state index in [2.05, 4.69) is 15.3 Å². The molecule has 1 atom stereocenters. The van der Waals surface area contributed by atoms with Crippen LogP contribution in [0.4, 0.5) is 0 Å². The van der Waals surface area contributed by atoms with Crippen LogP contribution in [0.1, 0.15) is 26.2 Å². The van der Waals surface area contributed by atoms with Crippen molar-refractivity contribution in [3.63, 3.8) is 0 Å². The van der Waals surface area contributed by atoms with E-state index in [1.165, 1.54) is 0 Å². The second kappa shape index (κ2) is 6.76. The van der Waals surface area contributed by atoms with E-state index in [0.717, 1.165) is 28.4 Å². The fraction of sp³-hybridized carbons (Fsp3) is 0.500.